The lowest BCUT2D eigenvalue weighted by molar-refractivity contribution is -0.116. The minimum absolute atomic E-state index is 0.116. The standard InChI is InChI=1S/C25H24N4O2/c1-17-13-18(2)15-19(14-17)26-23(30)16-29-22-12-8-7-11-21(22)24(27-25(29)31)28(3)20-9-5-4-6-10-20/h4-15H,16H2,1-3H3,(H,26,30). The van der Waals surface area contributed by atoms with Gasteiger partial charge in [-0.3, -0.25) is 9.36 Å². The Morgan fingerprint density at radius 2 is 1.61 bits per heavy atom. The Hall–Kier alpha value is -3.93. The highest BCUT2D eigenvalue weighted by Crippen LogP contribution is 2.27. The predicted octanol–water partition coefficient (Wildman–Crippen LogP) is 4.42. The van der Waals surface area contributed by atoms with E-state index in [1.165, 1.54) is 4.57 Å². The first-order valence-corrected chi connectivity index (χ1v) is 10.1. The highest BCUT2D eigenvalue weighted by Gasteiger charge is 2.16. The number of aryl methyl sites for hydroxylation is 2. The van der Waals surface area contributed by atoms with Crippen molar-refractivity contribution in [1.29, 1.82) is 0 Å². The van der Waals surface area contributed by atoms with E-state index in [1.807, 2.05) is 98.6 Å². The first-order chi connectivity index (χ1) is 14.9. The van der Waals surface area contributed by atoms with Crippen molar-refractivity contribution in [1.82, 2.24) is 9.55 Å². The number of nitrogens with zero attached hydrogens (tertiary/aromatic N) is 3. The van der Waals surface area contributed by atoms with Crippen LogP contribution in [0.4, 0.5) is 17.2 Å². The molecule has 0 aliphatic carbocycles. The lowest BCUT2D eigenvalue weighted by Gasteiger charge is -2.21. The Morgan fingerprint density at radius 1 is 0.968 bits per heavy atom. The van der Waals surface area contributed by atoms with E-state index in [0.717, 1.165) is 22.2 Å². The number of carbonyl (C=O) groups excluding carboxylic acids is 1. The summed E-state index contributed by atoms with van der Waals surface area (Å²) in [5.74, 6) is 0.279. The van der Waals surface area contributed by atoms with Crippen LogP contribution in [0.15, 0.2) is 77.6 Å². The fraction of sp³-hybridized carbons (Fsp3) is 0.160. The highest BCUT2D eigenvalue weighted by molar-refractivity contribution is 5.94. The molecular formula is C25H24N4O2. The van der Waals surface area contributed by atoms with Gasteiger partial charge in [0.05, 0.1) is 5.52 Å². The normalized spacial score (nSPS) is 10.8. The smallest absolute Gasteiger partial charge is 0.329 e. The van der Waals surface area contributed by atoms with Crippen LogP contribution in [0.2, 0.25) is 0 Å². The summed E-state index contributed by atoms with van der Waals surface area (Å²) in [5, 5.41) is 3.69. The number of hydrogen-bond acceptors (Lipinski definition) is 4. The van der Waals surface area contributed by atoms with Gasteiger partial charge in [-0.05, 0) is 61.4 Å². The molecule has 1 N–H and O–H groups in total. The van der Waals surface area contributed by atoms with Crippen LogP contribution in [0, 0.1) is 13.8 Å². The molecule has 156 valence electrons. The average Bonchev–Trinajstić information content (AvgIpc) is 2.75. The number of anilines is 3. The molecule has 0 radical (unpaired) electrons. The number of amides is 1. The van der Waals surface area contributed by atoms with E-state index >= 15 is 0 Å². The van der Waals surface area contributed by atoms with Crippen LogP contribution in [-0.2, 0) is 11.3 Å². The molecular weight excluding hydrogens is 388 g/mol. The molecule has 0 fully saturated rings. The zero-order valence-corrected chi connectivity index (χ0v) is 17.8. The molecule has 4 rings (SSSR count). The van der Waals surface area contributed by atoms with Gasteiger partial charge in [0.1, 0.15) is 12.4 Å². The van der Waals surface area contributed by atoms with Gasteiger partial charge in [0.15, 0.2) is 0 Å². The molecule has 0 bridgehead atoms. The molecule has 0 aliphatic rings. The summed E-state index contributed by atoms with van der Waals surface area (Å²) >= 11 is 0. The van der Waals surface area contributed by atoms with Crippen LogP contribution in [0.3, 0.4) is 0 Å². The van der Waals surface area contributed by atoms with Crippen molar-refractivity contribution >= 4 is 34.0 Å². The Bertz CT molecular complexity index is 1290. The van der Waals surface area contributed by atoms with Crippen LogP contribution >= 0.6 is 0 Å². The van der Waals surface area contributed by atoms with Gasteiger partial charge in [0, 0.05) is 23.8 Å². The van der Waals surface area contributed by atoms with Gasteiger partial charge in [-0.25, -0.2) is 4.79 Å². The number of hydrogen-bond donors (Lipinski definition) is 1. The number of carbonyl (C=O) groups is 1. The molecule has 0 spiro atoms. The summed E-state index contributed by atoms with van der Waals surface area (Å²) in [7, 11) is 1.88. The van der Waals surface area contributed by atoms with E-state index in [9.17, 15) is 9.59 Å². The summed E-state index contributed by atoms with van der Waals surface area (Å²) in [6, 6.07) is 23.1. The highest BCUT2D eigenvalue weighted by atomic mass is 16.2. The van der Waals surface area contributed by atoms with E-state index in [1.54, 1.807) is 0 Å². The lowest BCUT2D eigenvalue weighted by Crippen LogP contribution is -2.31. The fourth-order valence-electron chi connectivity index (χ4n) is 3.79. The summed E-state index contributed by atoms with van der Waals surface area (Å²) in [6.45, 7) is 3.84. The second-order valence-electron chi connectivity index (χ2n) is 7.64. The number of aromatic nitrogens is 2. The van der Waals surface area contributed by atoms with Crippen molar-refractivity contribution < 1.29 is 4.79 Å². The third-order valence-corrected chi connectivity index (χ3v) is 5.14. The van der Waals surface area contributed by atoms with E-state index < -0.39 is 5.69 Å². The van der Waals surface area contributed by atoms with Crippen molar-refractivity contribution in [3.63, 3.8) is 0 Å². The Morgan fingerprint density at radius 3 is 2.32 bits per heavy atom. The summed E-state index contributed by atoms with van der Waals surface area (Å²) in [6.07, 6.45) is 0. The topological polar surface area (TPSA) is 67.2 Å². The van der Waals surface area contributed by atoms with Crippen LogP contribution in [0.5, 0.6) is 0 Å². The monoisotopic (exact) mass is 412 g/mol. The summed E-state index contributed by atoms with van der Waals surface area (Å²) in [4.78, 5) is 31.9. The van der Waals surface area contributed by atoms with Gasteiger partial charge >= 0.3 is 5.69 Å². The van der Waals surface area contributed by atoms with E-state index in [4.69, 9.17) is 0 Å². The van der Waals surface area contributed by atoms with E-state index in [-0.39, 0.29) is 12.5 Å². The molecule has 1 aromatic heterocycles. The van der Waals surface area contributed by atoms with Crippen LogP contribution in [-0.4, -0.2) is 22.5 Å². The van der Waals surface area contributed by atoms with E-state index in [0.29, 0.717) is 17.0 Å². The number of para-hydroxylation sites is 2. The van der Waals surface area contributed by atoms with Gasteiger partial charge in [-0.15, -0.1) is 0 Å². The minimum Gasteiger partial charge on any atom is -0.329 e. The number of benzene rings is 3. The Labute approximate surface area is 180 Å². The predicted molar refractivity (Wildman–Crippen MR) is 125 cm³/mol. The Balaban J connectivity index is 1.70. The maximum atomic E-state index is 12.9. The molecule has 0 aliphatic heterocycles. The molecule has 0 atom stereocenters. The first-order valence-electron chi connectivity index (χ1n) is 10.1. The maximum Gasteiger partial charge on any atom is 0.350 e. The number of fused-ring (bicyclic) bond motifs is 1. The van der Waals surface area contributed by atoms with Gasteiger partial charge in [0.2, 0.25) is 5.91 Å². The summed E-state index contributed by atoms with van der Waals surface area (Å²) in [5.41, 5.74) is 3.96. The van der Waals surface area contributed by atoms with Gasteiger partial charge in [-0.1, -0.05) is 36.4 Å². The molecule has 0 saturated heterocycles. The minimum atomic E-state index is -0.466. The molecule has 3 aromatic carbocycles. The number of nitrogens with one attached hydrogen (secondary N) is 1. The third kappa shape index (κ3) is 4.33. The molecule has 1 heterocycles. The zero-order valence-electron chi connectivity index (χ0n) is 17.8. The zero-order chi connectivity index (χ0) is 22.0. The maximum absolute atomic E-state index is 12.9. The second kappa shape index (κ2) is 8.44. The molecule has 31 heavy (non-hydrogen) atoms. The van der Waals surface area contributed by atoms with Crippen LogP contribution in [0.1, 0.15) is 11.1 Å². The SMILES string of the molecule is Cc1cc(C)cc(NC(=O)Cn2c(=O)nc(N(C)c3ccccc3)c3ccccc32)c1. The van der Waals surface area contributed by atoms with Crippen molar-refractivity contribution in [2.75, 3.05) is 17.3 Å². The molecule has 4 aromatic rings. The lowest BCUT2D eigenvalue weighted by atomic mass is 10.1. The Kier molecular flexibility index (Phi) is 5.54. The molecule has 6 nitrogen and oxygen atoms in total. The molecule has 0 saturated carbocycles. The van der Waals surface area contributed by atoms with Crippen molar-refractivity contribution in [2.45, 2.75) is 20.4 Å². The fourth-order valence-corrected chi connectivity index (χ4v) is 3.79. The van der Waals surface area contributed by atoms with Crippen LogP contribution in [0.25, 0.3) is 10.9 Å². The van der Waals surface area contributed by atoms with Crippen molar-refractivity contribution in [2.24, 2.45) is 0 Å². The molecule has 6 heteroatoms. The van der Waals surface area contributed by atoms with Gasteiger partial charge in [-0.2, -0.15) is 4.98 Å². The molecule has 0 unspecified atom stereocenters. The van der Waals surface area contributed by atoms with Crippen molar-refractivity contribution in [3.8, 4) is 0 Å². The largest absolute Gasteiger partial charge is 0.350 e. The second-order valence-corrected chi connectivity index (χ2v) is 7.64. The molecule has 1 amide bonds. The van der Waals surface area contributed by atoms with Crippen LogP contribution < -0.4 is 15.9 Å². The average molecular weight is 412 g/mol. The quantitative estimate of drug-likeness (QED) is 0.527. The van der Waals surface area contributed by atoms with Gasteiger partial charge in [0.25, 0.3) is 0 Å². The first kappa shape index (κ1) is 20.3. The number of rotatable bonds is 5. The van der Waals surface area contributed by atoms with E-state index in [2.05, 4.69) is 10.3 Å². The summed E-state index contributed by atoms with van der Waals surface area (Å²) < 4.78 is 1.41. The van der Waals surface area contributed by atoms with Gasteiger partial charge < -0.3 is 10.2 Å². The van der Waals surface area contributed by atoms with Crippen molar-refractivity contribution in [3.05, 3.63) is 94.4 Å². The third-order valence-electron chi connectivity index (χ3n) is 5.14.